The molecule has 10 heteroatoms. The summed E-state index contributed by atoms with van der Waals surface area (Å²) in [5.41, 5.74) is 1.84. The SMILES string of the molecule is Cc1cc(C)nc(NS(=O)(=O)c2ccc(NC(=O)CSCc3ccco3)cc2)n1. The molecule has 0 spiro atoms. The number of benzene rings is 1. The Morgan fingerprint density at radius 1 is 1.10 bits per heavy atom. The topological polar surface area (TPSA) is 114 Å². The number of nitrogens with zero attached hydrogens (tertiary/aromatic N) is 2. The van der Waals surface area contributed by atoms with Gasteiger partial charge < -0.3 is 9.73 Å². The summed E-state index contributed by atoms with van der Waals surface area (Å²) < 4.78 is 32.6. The minimum Gasteiger partial charge on any atom is -0.468 e. The van der Waals surface area contributed by atoms with Crippen LogP contribution in [0, 0.1) is 13.8 Å². The molecule has 0 aliphatic heterocycles. The fourth-order valence-electron chi connectivity index (χ4n) is 2.50. The minimum atomic E-state index is -3.83. The number of thioether (sulfide) groups is 1. The average molecular weight is 433 g/mol. The van der Waals surface area contributed by atoms with Gasteiger partial charge in [0, 0.05) is 17.1 Å². The lowest BCUT2D eigenvalue weighted by molar-refractivity contribution is -0.113. The molecule has 0 atom stereocenters. The predicted molar refractivity (Wildman–Crippen MR) is 112 cm³/mol. The first-order valence-electron chi connectivity index (χ1n) is 8.67. The molecule has 3 aromatic rings. The second kappa shape index (κ2) is 9.10. The quantitative estimate of drug-likeness (QED) is 0.561. The molecule has 152 valence electrons. The molecule has 29 heavy (non-hydrogen) atoms. The van der Waals surface area contributed by atoms with Gasteiger partial charge in [0.1, 0.15) is 5.76 Å². The summed E-state index contributed by atoms with van der Waals surface area (Å²) in [7, 11) is -3.83. The van der Waals surface area contributed by atoms with E-state index >= 15 is 0 Å². The van der Waals surface area contributed by atoms with Crippen molar-refractivity contribution in [2.75, 3.05) is 15.8 Å². The highest BCUT2D eigenvalue weighted by molar-refractivity contribution is 7.99. The molecule has 0 saturated carbocycles. The van der Waals surface area contributed by atoms with E-state index in [-0.39, 0.29) is 22.5 Å². The minimum absolute atomic E-state index is 0.0217. The van der Waals surface area contributed by atoms with E-state index in [1.54, 1.807) is 32.2 Å². The van der Waals surface area contributed by atoms with Crippen molar-refractivity contribution in [2.24, 2.45) is 0 Å². The number of rotatable bonds is 8. The Labute approximate surface area is 173 Å². The molecule has 8 nitrogen and oxygen atoms in total. The monoisotopic (exact) mass is 432 g/mol. The molecule has 2 N–H and O–H groups in total. The smallest absolute Gasteiger partial charge is 0.264 e. The average Bonchev–Trinajstić information content (AvgIpc) is 3.14. The summed E-state index contributed by atoms with van der Waals surface area (Å²) in [5.74, 6) is 1.50. The van der Waals surface area contributed by atoms with Gasteiger partial charge in [-0.1, -0.05) is 0 Å². The van der Waals surface area contributed by atoms with Crippen LogP contribution >= 0.6 is 11.8 Å². The zero-order valence-corrected chi connectivity index (χ0v) is 17.5. The van der Waals surface area contributed by atoms with Crippen molar-refractivity contribution in [3.8, 4) is 0 Å². The van der Waals surface area contributed by atoms with E-state index in [0.717, 1.165) is 5.76 Å². The normalized spacial score (nSPS) is 11.2. The number of anilines is 2. The van der Waals surface area contributed by atoms with Crippen LogP contribution in [0.25, 0.3) is 0 Å². The molecule has 0 aliphatic rings. The lowest BCUT2D eigenvalue weighted by atomic mass is 10.3. The molecular weight excluding hydrogens is 412 g/mol. The largest absolute Gasteiger partial charge is 0.468 e. The van der Waals surface area contributed by atoms with Crippen molar-refractivity contribution in [1.82, 2.24) is 9.97 Å². The lowest BCUT2D eigenvalue weighted by Gasteiger charge is -2.09. The third-order valence-corrected chi connectivity index (χ3v) is 6.01. The molecule has 0 saturated heterocycles. The molecule has 2 heterocycles. The van der Waals surface area contributed by atoms with Gasteiger partial charge in [0.05, 0.1) is 22.7 Å². The Kier molecular flexibility index (Phi) is 6.55. The second-order valence-electron chi connectivity index (χ2n) is 6.22. The Morgan fingerprint density at radius 3 is 2.41 bits per heavy atom. The number of amides is 1. The van der Waals surface area contributed by atoms with E-state index in [4.69, 9.17) is 4.42 Å². The summed E-state index contributed by atoms with van der Waals surface area (Å²) in [6.07, 6.45) is 1.59. The van der Waals surface area contributed by atoms with Crippen molar-refractivity contribution in [3.63, 3.8) is 0 Å². The standard InChI is InChI=1S/C19H20N4O4S2/c1-13-10-14(2)21-19(20-13)23-29(25,26)17-7-5-15(6-8-17)22-18(24)12-28-11-16-4-3-9-27-16/h3-10H,11-12H2,1-2H3,(H,22,24)(H,20,21,23). The number of aryl methyl sites for hydroxylation is 2. The Bertz CT molecular complexity index is 1060. The molecule has 1 aromatic carbocycles. The van der Waals surface area contributed by atoms with Crippen LogP contribution < -0.4 is 10.0 Å². The zero-order valence-electron chi connectivity index (χ0n) is 15.9. The number of carbonyl (C=O) groups is 1. The van der Waals surface area contributed by atoms with Crippen LogP contribution in [0.2, 0.25) is 0 Å². The van der Waals surface area contributed by atoms with Gasteiger partial charge in [-0.25, -0.2) is 23.1 Å². The van der Waals surface area contributed by atoms with Gasteiger partial charge in [0.15, 0.2) is 0 Å². The summed E-state index contributed by atoms with van der Waals surface area (Å²) in [6.45, 7) is 3.52. The number of nitrogens with one attached hydrogen (secondary N) is 2. The van der Waals surface area contributed by atoms with E-state index in [1.165, 1.54) is 36.0 Å². The van der Waals surface area contributed by atoms with Gasteiger partial charge in [-0.15, -0.1) is 11.8 Å². The van der Waals surface area contributed by atoms with E-state index in [2.05, 4.69) is 20.0 Å². The first-order chi connectivity index (χ1) is 13.8. The molecule has 0 bridgehead atoms. The van der Waals surface area contributed by atoms with E-state index in [0.29, 0.717) is 22.8 Å². The van der Waals surface area contributed by atoms with Gasteiger partial charge in [-0.2, -0.15) is 0 Å². The highest BCUT2D eigenvalue weighted by atomic mass is 32.2. The molecule has 0 unspecified atom stereocenters. The van der Waals surface area contributed by atoms with Gasteiger partial charge >= 0.3 is 0 Å². The lowest BCUT2D eigenvalue weighted by Crippen LogP contribution is -2.16. The van der Waals surface area contributed by atoms with Crippen molar-refractivity contribution in [3.05, 3.63) is 65.9 Å². The summed E-state index contributed by atoms with van der Waals surface area (Å²) in [6, 6.07) is 11.3. The molecule has 0 radical (unpaired) electrons. The van der Waals surface area contributed by atoms with Gasteiger partial charge in [-0.3, -0.25) is 4.79 Å². The molecule has 0 fully saturated rings. The second-order valence-corrected chi connectivity index (χ2v) is 8.89. The third-order valence-electron chi connectivity index (χ3n) is 3.71. The van der Waals surface area contributed by atoms with Crippen molar-refractivity contribution in [2.45, 2.75) is 24.5 Å². The highest BCUT2D eigenvalue weighted by Gasteiger charge is 2.16. The number of hydrogen-bond donors (Lipinski definition) is 2. The van der Waals surface area contributed by atoms with Crippen LogP contribution in [0.1, 0.15) is 17.1 Å². The van der Waals surface area contributed by atoms with Crippen LogP contribution in [0.3, 0.4) is 0 Å². The number of carbonyl (C=O) groups excluding carboxylic acids is 1. The fourth-order valence-corrected chi connectivity index (χ4v) is 4.17. The number of hydrogen-bond acceptors (Lipinski definition) is 7. The first-order valence-corrected chi connectivity index (χ1v) is 11.3. The van der Waals surface area contributed by atoms with Crippen LogP contribution in [0.4, 0.5) is 11.6 Å². The van der Waals surface area contributed by atoms with E-state index < -0.39 is 10.0 Å². The maximum absolute atomic E-state index is 12.5. The van der Waals surface area contributed by atoms with Crippen LogP contribution in [-0.4, -0.2) is 30.0 Å². The van der Waals surface area contributed by atoms with Crippen molar-refractivity contribution >= 4 is 39.3 Å². The molecule has 0 aliphatic carbocycles. The molecule has 2 aromatic heterocycles. The fraction of sp³-hybridized carbons (Fsp3) is 0.211. The van der Waals surface area contributed by atoms with Gasteiger partial charge in [-0.05, 0) is 56.3 Å². The highest BCUT2D eigenvalue weighted by Crippen LogP contribution is 2.18. The summed E-state index contributed by atoms with van der Waals surface area (Å²) >= 11 is 1.42. The molecular formula is C19H20N4O4S2. The van der Waals surface area contributed by atoms with Gasteiger partial charge in [0.25, 0.3) is 10.0 Å². The van der Waals surface area contributed by atoms with Crippen molar-refractivity contribution in [1.29, 1.82) is 0 Å². The van der Waals surface area contributed by atoms with Gasteiger partial charge in [0.2, 0.25) is 11.9 Å². The molecule has 1 amide bonds. The van der Waals surface area contributed by atoms with Crippen LogP contribution in [0.5, 0.6) is 0 Å². The first kappa shape index (κ1) is 20.9. The Morgan fingerprint density at radius 2 is 1.79 bits per heavy atom. The number of aromatic nitrogens is 2. The zero-order chi connectivity index (χ0) is 20.9. The summed E-state index contributed by atoms with van der Waals surface area (Å²) in [4.78, 5) is 20.2. The van der Waals surface area contributed by atoms with Crippen molar-refractivity contribution < 1.29 is 17.6 Å². The van der Waals surface area contributed by atoms with E-state index in [9.17, 15) is 13.2 Å². The molecule has 3 rings (SSSR count). The number of furan rings is 1. The van der Waals surface area contributed by atoms with Crippen LogP contribution in [-0.2, 0) is 20.6 Å². The summed E-state index contributed by atoms with van der Waals surface area (Å²) in [5, 5.41) is 2.74. The van der Waals surface area contributed by atoms with Crippen LogP contribution in [0.15, 0.2) is 58.0 Å². The Hall–Kier alpha value is -2.85. The third kappa shape index (κ3) is 6.06. The maximum atomic E-state index is 12.5. The Balaban J connectivity index is 1.57. The van der Waals surface area contributed by atoms with E-state index in [1.807, 2.05) is 6.07 Å². The number of sulfonamides is 1. The maximum Gasteiger partial charge on any atom is 0.264 e. The predicted octanol–water partition coefficient (Wildman–Crippen LogP) is 3.36.